The van der Waals surface area contributed by atoms with Crippen LogP contribution in [0.25, 0.3) is 5.82 Å². The molecule has 1 aromatic carbocycles. The number of hydrogen-bond donors (Lipinski definition) is 1. The van der Waals surface area contributed by atoms with Crippen molar-refractivity contribution in [3.63, 3.8) is 0 Å². The summed E-state index contributed by atoms with van der Waals surface area (Å²) in [5.41, 5.74) is -0.660. The number of rotatable bonds is 9. The maximum absolute atomic E-state index is 13.1. The molecule has 2 heterocycles. The third kappa shape index (κ3) is 6.75. The number of carbonyl (C=O) groups excluding carboxylic acids is 2. The lowest BCUT2D eigenvalue weighted by atomic mass is 10.2. The van der Waals surface area contributed by atoms with E-state index >= 15 is 0 Å². The summed E-state index contributed by atoms with van der Waals surface area (Å²) in [6, 6.07) is 1.65. The number of benzene rings is 1. The van der Waals surface area contributed by atoms with E-state index in [0.29, 0.717) is 18.0 Å². The lowest BCUT2D eigenvalue weighted by molar-refractivity contribution is -0.274. The van der Waals surface area contributed by atoms with Crippen molar-refractivity contribution in [1.29, 1.82) is 0 Å². The maximum atomic E-state index is 13.1. The molecule has 0 spiro atoms. The standard InChI is InChI=1S/C23H22F5N7O5S/c1-11(31-20(36)13-6-14(40-23(26,27)28)8-15(7-13)41(38,39)22(24)25)19-32-18(12-4-5-12)33-35(19)17-9-16(29-10-30-17)21(37)34(2)3/h6-12,22H,4-5H2,1-3H3,(H,31,36)/t11-/m0/s1. The number of aromatic nitrogens is 5. The van der Waals surface area contributed by atoms with Gasteiger partial charge < -0.3 is 15.0 Å². The molecule has 220 valence electrons. The van der Waals surface area contributed by atoms with Crippen LogP contribution in [-0.4, -0.2) is 76.1 Å². The number of ether oxygens (including phenoxy) is 1. The minimum atomic E-state index is -5.38. The van der Waals surface area contributed by atoms with Crippen LogP contribution in [0.2, 0.25) is 0 Å². The highest BCUT2D eigenvalue weighted by molar-refractivity contribution is 7.91. The first-order chi connectivity index (χ1) is 19.1. The molecule has 18 heteroatoms. The number of nitrogens with one attached hydrogen (secondary N) is 1. The summed E-state index contributed by atoms with van der Waals surface area (Å²) in [6.45, 7) is 1.45. The van der Waals surface area contributed by atoms with Crippen LogP contribution >= 0.6 is 0 Å². The molecule has 41 heavy (non-hydrogen) atoms. The zero-order chi connectivity index (χ0) is 30.3. The van der Waals surface area contributed by atoms with Crippen LogP contribution in [0, 0.1) is 0 Å². The summed E-state index contributed by atoms with van der Waals surface area (Å²) in [5, 5.41) is 6.89. The van der Waals surface area contributed by atoms with Gasteiger partial charge in [-0.1, -0.05) is 0 Å². The van der Waals surface area contributed by atoms with Crippen molar-refractivity contribution in [2.24, 2.45) is 0 Å². The molecule has 0 radical (unpaired) electrons. The second-order valence-corrected chi connectivity index (χ2v) is 11.1. The smallest absolute Gasteiger partial charge is 0.406 e. The van der Waals surface area contributed by atoms with Gasteiger partial charge in [-0.15, -0.1) is 18.3 Å². The van der Waals surface area contributed by atoms with E-state index in [9.17, 15) is 40.0 Å². The molecule has 0 aliphatic heterocycles. The van der Waals surface area contributed by atoms with Crippen LogP contribution in [0.1, 0.15) is 64.2 Å². The average Bonchev–Trinajstić information content (AvgIpc) is 3.64. The highest BCUT2D eigenvalue weighted by Crippen LogP contribution is 2.39. The summed E-state index contributed by atoms with van der Waals surface area (Å²) in [4.78, 5) is 38.0. The molecule has 1 N–H and O–H groups in total. The fourth-order valence-corrected chi connectivity index (χ4v) is 4.40. The van der Waals surface area contributed by atoms with Crippen molar-refractivity contribution in [1.82, 2.24) is 34.9 Å². The van der Waals surface area contributed by atoms with Gasteiger partial charge in [0.15, 0.2) is 17.5 Å². The molecular formula is C23H22F5N7O5S. The Morgan fingerprint density at radius 2 is 1.80 bits per heavy atom. The van der Waals surface area contributed by atoms with Crippen LogP contribution in [0.5, 0.6) is 5.75 Å². The topological polar surface area (TPSA) is 149 Å². The van der Waals surface area contributed by atoms with E-state index in [1.165, 1.54) is 36.7 Å². The molecule has 1 aliphatic carbocycles. The van der Waals surface area contributed by atoms with Gasteiger partial charge in [-0.05, 0) is 38.0 Å². The second-order valence-electron chi connectivity index (χ2n) is 9.22. The largest absolute Gasteiger partial charge is 0.573 e. The molecule has 1 aliphatic rings. The van der Waals surface area contributed by atoms with Gasteiger partial charge in [-0.3, -0.25) is 9.59 Å². The van der Waals surface area contributed by atoms with Crippen molar-refractivity contribution in [2.45, 2.75) is 48.7 Å². The van der Waals surface area contributed by atoms with Crippen LogP contribution in [0.4, 0.5) is 22.0 Å². The van der Waals surface area contributed by atoms with Crippen molar-refractivity contribution >= 4 is 21.7 Å². The van der Waals surface area contributed by atoms with Crippen molar-refractivity contribution in [2.75, 3.05) is 14.1 Å². The Morgan fingerprint density at radius 1 is 1.12 bits per heavy atom. The Hall–Kier alpha value is -4.22. The minimum Gasteiger partial charge on any atom is -0.406 e. The molecule has 0 bridgehead atoms. The summed E-state index contributed by atoms with van der Waals surface area (Å²) in [5.74, 6) is -5.98. The van der Waals surface area contributed by atoms with Gasteiger partial charge in [0.1, 0.15) is 17.8 Å². The molecule has 4 rings (SSSR count). The van der Waals surface area contributed by atoms with Crippen LogP contribution in [0.3, 0.4) is 0 Å². The van der Waals surface area contributed by atoms with E-state index in [4.69, 9.17) is 0 Å². The second kappa shape index (κ2) is 11.0. The SMILES string of the molecule is C[C@H](NC(=O)c1cc(OC(F)(F)F)cc(S(=O)(=O)C(F)F)c1)c1nc(C2CC2)nn1-c1cc(C(=O)N(C)C)ncn1. The van der Waals surface area contributed by atoms with Gasteiger partial charge in [0.2, 0.25) is 9.84 Å². The number of amides is 2. The van der Waals surface area contributed by atoms with Crippen LogP contribution < -0.4 is 10.1 Å². The quantitative estimate of drug-likeness (QED) is 0.364. The van der Waals surface area contributed by atoms with Gasteiger partial charge in [0.25, 0.3) is 11.8 Å². The summed E-state index contributed by atoms with van der Waals surface area (Å²) >= 11 is 0. The van der Waals surface area contributed by atoms with Crippen LogP contribution in [-0.2, 0) is 9.84 Å². The number of sulfone groups is 1. The van der Waals surface area contributed by atoms with Gasteiger partial charge >= 0.3 is 12.1 Å². The fraction of sp³-hybridized carbons (Fsp3) is 0.391. The first kappa shape index (κ1) is 29.8. The molecule has 12 nitrogen and oxygen atoms in total. The lowest BCUT2D eigenvalue weighted by Gasteiger charge is -2.16. The van der Waals surface area contributed by atoms with Crippen molar-refractivity contribution in [3.8, 4) is 11.6 Å². The molecule has 1 fully saturated rings. The van der Waals surface area contributed by atoms with Gasteiger partial charge in [-0.25, -0.2) is 23.4 Å². The number of alkyl halides is 5. The Kier molecular flexibility index (Phi) is 7.97. The van der Waals surface area contributed by atoms with E-state index in [-0.39, 0.29) is 29.3 Å². The number of carbonyl (C=O) groups is 2. The van der Waals surface area contributed by atoms with Crippen LogP contribution in [0.15, 0.2) is 35.5 Å². The Balaban J connectivity index is 1.70. The summed E-state index contributed by atoms with van der Waals surface area (Å²) in [6.07, 6.45) is -2.54. The Morgan fingerprint density at radius 3 is 2.39 bits per heavy atom. The first-order valence-electron chi connectivity index (χ1n) is 11.8. The highest BCUT2D eigenvalue weighted by atomic mass is 32.2. The van der Waals surface area contributed by atoms with E-state index in [2.05, 4.69) is 30.1 Å². The summed E-state index contributed by atoms with van der Waals surface area (Å²) in [7, 11) is -2.33. The van der Waals surface area contributed by atoms with Gasteiger partial charge in [-0.2, -0.15) is 13.5 Å². The van der Waals surface area contributed by atoms with E-state index in [0.717, 1.165) is 19.2 Å². The molecule has 2 aromatic heterocycles. The van der Waals surface area contributed by atoms with Gasteiger partial charge in [0.05, 0.1) is 10.9 Å². The zero-order valence-corrected chi connectivity index (χ0v) is 22.4. The van der Waals surface area contributed by atoms with E-state index < -0.39 is 56.0 Å². The summed E-state index contributed by atoms with van der Waals surface area (Å²) < 4.78 is 93.6. The molecule has 1 saturated carbocycles. The first-order valence-corrected chi connectivity index (χ1v) is 13.4. The Labute approximate surface area is 229 Å². The molecular weight excluding hydrogens is 581 g/mol. The monoisotopic (exact) mass is 603 g/mol. The molecule has 0 unspecified atom stereocenters. The van der Waals surface area contributed by atoms with Crippen molar-refractivity contribution < 1.29 is 44.7 Å². The normalized spacial score (nSPS) is 14.6. The van der Waals surface area contributed by atoms with E-state index in [1.54, 1.807) is 0 Å². The van der Waals surface area contributed by atoms with Crippen molar-refractivity contribution in [3.05, 3.63) is 53.5 Å². The number of hydrogen-bond acceptors (Lipinski definition) is 9. The average molecular weight is 604 g/mol. The highest BCUT2D eigenvalue weighted by Gasteiger charge is 2.35. The maximum Gasteiger partial charge on any atom is 0.573 e. The Bertz CT molecular complexity index is 1590. The lowest BCUT2D eigenvalue weighted by Crippen LogP contribution is -2.29. The number of nitrogens with zero attached hydrogens (tertiary/aromatic N) is 6. The predicted octanol–water partition coefficient (Wildman–Crippen LogP) is 3.02. The van der Waals surface area contributed by atoms with E-state index in [1.807, 2.05) is 0 Å². The molecule has 2 amide bonds. The zero-order valence-electron chi connectivity index (χ0n) is 21.6. The third-order valence-corrected chi connectivity index (χ3v) is 7.12. The third-order valence-electron chi connectivity index (χ3n) is 5.76. The fourth-order valence-electron chi connectivity index (χ4n) is 3.62. The minimum absolute atomic E-state index is 0.0420. The van der Waals surface area contributed by atoms with Gasteiger partial charge in [0, 0.05) is 31.6 Å². The molecule has 1 atom stereocenters. The number of halogens is 5. The molecule has 3 aromatic rings. The molecule has 0 saturated heterocycles. The predicted molar refractivity (Wildman–Crippen MR) is 129 cm³/mol.